The summed E-state index contributed by atoms with van der Waals surface area (Å²) < 4.78 is 31.0. The Kier molecular flexibility index (Phi) is 7.07. The van der Waals surface area contributed by atoms with E-state index in [0.29, 0.717) is 12.5 Å². The Morgan fingerprint density at radius 1 is 1.21 bits per heavy atom. The van der Waals surface area contributed by atoms with Gasteiger partial charge in [-0.05, 0) is 36.8 Å². The van der Waals surface area contributed by atoms with Crippen molar-refractivity contribution >= 4 is 5.96 Å². The van der Waals surface area contributed by atoms with E-state index >= 15 is 0 Å². The van der Waals surface area contributed by atoms with E-state index in [4.69, 9.17) is 0 Å². The SMILES string of the molecule is CCNC(=NCc1cccc(OC(F)F)c1)NCCn1cccc1. The second-order valence-electron chi connectivity index (χ2n) is 5.07. The third-order valence-electron chi connectivity index (χ3n) is 3.22. The molecule has 2 aromatic rings. The maximum Gasteiger partial charge on any atom is 0.387 e. The van der Waals surface area contributed by atoms with Gasteiger partial charge in [0.2, 0.25) is 0 Å². The Hall–Kier alpha value is -2.57. The van der Waals surface area contributed by atoms with E-state index in [1.165, 1.54) is 6.07 Å². The lowest BCUT2D eigenvalue weighted by Gasteiger charge is -2.12. The average Bonchev–Trinajstić information content (AvgIpc) is 3.06. The molecule has 2 rings (SSSR count). The van der Waals surface area contributed by atoms with Crippen molar-refractivity contribution < 1.29 is 13.5 Å². The molecule has 0 aliphatic rings. The molecule has 1 aromatic carbocycles. The van der Waals surface area contributed by atoms with Gasteiger partial charge in [-0.25, -0.2) is 4.99 Å². The largest absolute Gasteiger partial charge is 0.435 e. The van der Waals surface area contributed by atoms with Crippen LogP contribution in [0.4, 0.5) is 8.78 Å². The quantitative estimate of drug-likeness (QED) is 0.576. The molecule has 0 aliphatic heterocycles. The molecule has 1 aromatic heterocycles. The molecule has 0 saturated heterocycles. The molecule has 0 aliphatic carbocycles. The van der Waals surface area contributed by atoms with Crippen molar-refractivity contribution in [1.82, 2.24) is 15.2 Å². The minimum atomic E-state index is -2.82. The Morgan fingerprint density at radius 2 is 2.00 bits per heavy atom. The van der Waals surface area contributed by atoms with Gasteiger partial charge >= 0.3 is 6.61 Å². The summed E-state index contributed by atoms with van der Waals surface area (Å²) in [4.78, 5) is 4.46. The molecule has 0 bridgehead atoms. The molecule has 0 amide bonds. The minimum Gasteiger partial charge on any atom is -0.435 e. The fourth-order valence-electron chi connectivity index (χ4n) is 2.15. The summed E-state index contributed by atoms with van der Waals surface area (Å²) in [6.45, 7) is 1.84. The van der Waals surface area contributed by atoms with Crippen LogP contribution >= 0.6 is 0 Å². The van der Waals surface area contributed by atoms with E-state index in [9.17, 15) is 8.78 Å². The lowest BCUT2D eigenvalue weighted by atomic mass is 10.2. The zero-order chi connectivity index (χ0) is 17.2. The Morgan fingerprint density at radius 3 is 2.71 bits per heavy atom. The second kappa shape index (κ2) is 9.54. The van der Waals surface area contributed by atoms with Gasteiger partial charge in [-0.3, -0.25) is 0 Å². The fourth-order valence-corrected chi connectivity index (χ4v) is 2.15. The van der Waals surface area contributed by atoms with E-state index in [1.54, 1.807) is 12.1 Å². The maximum absolute atomic E-state index is 12.3. The predicted octanol–water partition coefficient (Wildman–Crippen LogP) is 2.84. The summed E-state index contributed by atoms with van der Waals surface area (Å²) in [5.41, 5.74) is 0.802. The van der Waals surface area contributed by atoms with Crippen molar-refractivity contribution in [3.63, 3.8) is 0 Å². The molecule has 0 saturated carbocycles. The Labute approximate surface area is 140 Å². The first kappa shape index (κ1) is 17.8. The lowest BCUT2D eigenvalue weighted by Crippen LogP contribution is -2.38. The third kappa shape index (κ3) is 6.28. The third-order valence-corrected chi connectivity index (χ3v) is 3.22. The number of benzene rings is 1. The first-order chi connectivity index (χ1) is 11.7. The molecule has 0 spiro atoms. The first-order valence-corrected chi connectivity index (χ1v) is 7.84. The minimum absolute atomic E-state index is 0.142. The Balaban J connectivity index is 1.89. The van der Waals surface area contributed by atoms with Crippen LogP contribution in [0.1, 0.15) is 12.5 Å². The molecule has 0 unspecified atom stereocenters. The summed E-state index contributed by atoms with van der Waals surface area (Å²) in [5, 5.41) is 6.40. The smallest absolute Gasteiger partial charge is 0.387 e. The molecule has 0 radical (unpaired) electrons. The highest BCUT2D eigenvalue weighted by Crippen LogP contribution is 2.16. The number of hydrogen-bond donors (Lipinski definition) is 2. The number of nitrogens with zero attached hydrogens (tertiary/aromatic N) is 2. The number of guanidine groups is 1. The average molecular weight is 336 g/mol. The van der Waals surface area contributed by atoms with Crippen LogP contribution in [0.3, 0.4) is 0 Å². The number of ether oxygens (including phenoxy) is 1. The van der Waals surface area contributed by atoms with Gasteiger partial charge < -0.3 is 19.9 Å². The van der Waals surface area contributed by atoms with Crippen LogP contribution in [0.15, 0.2) is 53.8 Å². The number of rotatable bonds is 8. The van der Waals surface area contributed by atoms with Crippen LogP contribution < -0.4 is 15.4 Å². The van der Waals surface area contributed by atoms with E-state index in [1.807, 2.05) is 37.5 Å². The molecule has 7 heteroatoms. The summed E-state index contributed by atoms with van der Waals surface area (Å²) in [5.74, 6) is 0.827. The predicted molar refractivity (Wildman–Crippen MR) is 90.3 cm³/mol. The van der Waals surface area contributed by atoms with Crippen molar-refractivity contribution in [3.8, 4) is 5.75 Å². The molecule has 130 valence electrons. The molecule has 0 fully saturated rings. The number of hydrogen-bond acceptors (Lipinski definition) is 2. The van der Waals surface area contributed by atoms with Crippen molar-refractivity contribution in [2.24, 2.45) is 4.99 Å². The van der Waals surface area contributed by atoms with Crippen LogP contribution in [0.2, 0.25) is 0 Å². The number of nitrogens with one attached hydrogen (secondary N) is 2. The summed E-state index contributed by atoms with van der Waals surface area (Å²) >= 11 is 0. The van der Waals surface area contributed by atoms with Crippen molar-refractivity contribution in [3.05, 3.63) is 54.4 Å². The van der Waals surface area contributed by atoms with E-state index in [2.05, 4.69) is 24.9 Å². The molecule has 2 N–H and O–H groups in total. The van der Waals surface area contributed by atoms with E-state index in [0.717, 1.165) is 25.2 Å². The number of aromatic nitrogens is 1. The lowest BCUT2D eigenvalue weighted by molar-refractivity contribution is -0.0498. The van der Waals surface area contributed by atoms with Gasteiger partial charge in [-0.15, -0.1) is 0 Å². The van der Waals surface area contributed by atoms with Crippen LogP contribution in [-0.4, -0.2) is 30.2 Å². The highest BCUT2D eigenvalue weighted by atomic mass is 19.3. The topological polar surface area (TPSA) is 50.6 Å². The normalized spacial score (nSPS) is 11.6. The fraction of sp³-hybridized carbons (Fsp3) is 0.353. The monoisotopic (exact) mass is 336 g/mol. The molecular weight excluding hydrogens is 314 g/mol. The van der Waals surface area contributed by atoms with Gasteiger partial charge in [0.25, 0.3) is 0 Å². The van der Waals surface area contributed by atoms with Gasteiger partial charge in [0.15, 0.2) is 5.96 Å². The summed E-state index contributed by atoms with van der Waals surface area (Å²) in [7, 11) is 0. The van der Waals surface area contributed by atoms with Crippen LogP contribution in [0.5, 0.6) is 5.75 Å². The van der Waals surface area contributed by atoms with Crippen LogP contribution in [-0.2, 0) is 13.1 Å². The summed E-state index contributed by atoms with van der Waals surface area (Å²) in [6.07, 6.45) is 4.00. The van der Waals surface area contributed by atoms with E-state index in [-0.39, 0.29) is 5.75 Å². The highest BCUT2D eigenvalue weighted by Gasteiger charge is 2.04. The van der Waals surface area contributed by atoms with E-state index < -0.39 is 6.61 Å². The van der Waals surface area contributed by atoms with Gasteiger partial charge in [0.1, 0.15) is 5.75 Å². The summed E-state index contributed by atoms with van der Waals surface area (Å²) in [6, 6.07) is 10.5. The molecule has 0 atom stereocenters. The second-order valence-corrected chi connectivity index (χ2v) is 5.07. The molecule has 1 heterocycles. The van der Waals surface area contributed by atoms with Gasteiger partial charge in [-0.1, -0.05) is 12.1 Å². The van der Waals surface area contributed by atoms with Gasteiger partial charge in [-0.2, -0.15) is 8.78 Å². The zero-order valence-electron chi connectivity index (χ0n) is 13.6. The Bertz CT molecular complexity index is 629. The van der Waals surface area contributed by atoms with Crippen molar-refractivity contribution in [2.45, 2.75) is 26.6 Å². The zero-order valence-corrected chi connectivity index (χ0v) is 13.6. The number of halogens is 2. The molecular formula is C17H22F2N4O. The van der Waals surface area contributed by atoms with Crippen LogP contribution in [0, 0.1) is 0 Å². The van der Waals surface area contributed by atoms with Crippen molar-refractivity contribution in [1.29, 1.82) is 0 Å². The van der Waals surface area contributed by atoms with Crippen LogP contribution in [0.25, 0.3) is 0 Å². The standard InChI is InChI=1S/C17H22F2N4O/c1-2-20-17(21-8-11-23-9-3-4-10-23)22-13-14-6-5-7-15(12-14)24-16(18)19/h3-7,9-10,12,16H,2,8,11,13H2,1H3,(H2,20,21,22). The first-order valence-electron chi connectivity index (χ1n) is 7.84. The van der Waals surface area contributed by atoms with Crippen molar-refractivity contribution in [2.75, 3.05) is 13.1 Å². The number of aliphatic imine (C=N–C) groups is 1. The highest BCUT2D eigenvalue weighted by molar-refractivity contribution is 5.79. The van der Waals surface area contributed by atoms with Gasteiger partial charge in [0, 0.05) is 32.0 Å². The molecule has 5 nitrogen and oxygen atoms in total. The molecule has 24 heavy (non-hydrogen) atoms. The van der Waals surface area contributed by atoms with Gasteiger partial charge in [0.05, 0.1) is 6.54 Å². The number of alkyl halides is 2. The maximum atomic E-state index is 12.3.